The number of carbonyl (C=O) groups is 1. The van der Waals surface area contributed by atoms with E-state index in [0.717, 1.165) is 57.1 Å². The molecule has 1 aromatic carbocycles. The van der Waals surface area contributed by atoms with Crippen LogP contribution in [0.25, 0.3) is 10.9 Å². The third-order valence-corrected chi connectivity index (χ3v) is 4.89. The van der Waals surface area contributed by atoms with E-state index in [1.807, 2.05) is 15.5 Å². The zero-order valence-corrected chi connectivity index (χ0v) is 14.5. The maximum atomic E-state index is 13.2. The maximum absolute atomic E-state index is 13.2. The molecule has 0 aliphatic carbocycles. The van der Waals surface area contributed by atoms with Gasteiger partial charge in [-0.15, -0.1) is 0 Å². The van der Waals surface area contributed by atoms with Crippen LogP contribution in [0.4, 0.5) is 4.79 Å². The average Bonchev–Trinajstić information content (AvgIpc) is 2.90. The summed E-state index contributed by atoms with van der Waals surface area (Å²) >= 11 is 0. The molecule has 2 heterocycles. The first-order valence-corrected chi connectivity index (χ1v) is 9.18. The minimum absolute atomic E-state index is 0.187. The fourth-order valence-electron chi connectivity index (χ4n) is 3.83. The Morgan fingerprint density at radius 3 is 2.39 bits per heavy atom. The SMILES string of the molecule is CCCc1c(CCC)n(C(=O)N2CCCCC2)c2ccccc12. The number of hydrogen-bond acceptors (Lipinski definition) is 1. The molecule has 0 atom stereocenters. The Bertz CT molecular complexity index is 680. The van der Waals surface area contributed by atoms with Crippen molar-refractivity contribution in [1.29, 1.82) is 0 Å². The lowest BCUT2D eigenvalue weighted by Gasteiger charge is -2.28. The lowest BCUT2D eigenvalue weighted by molar-refractivity contribution is 0.188. The van der Waals surface area contributed by atoms with Crippen LogP contribution in [0.5, 0.6) is 0 Å². The highest BCUT2D eigenvalue weighted by atomic mass is 16.2. The standard InChI is InChI=1S/C20H28N2O/c1-3-10-16-17-12-6-7-13-19(17)22(18(16)11-4-2)20(23)21-14-8-5-9-15-21/h6-7,12-13H,3-5,8-11,14-15H2,1-2H3. The van der Waals surface area contributed by atoms with E-state index in [9.17, 15) is 4.79 Å². The fourth-order valence-corrected chi connectivity index (χ4v) is 3.83. The number of rotatable bonds is 4. The highest BCUT2D eigenvalue weighted by Gasteiger charge is 2.24. The molecule has 1 aliphatic rings. The second kappa shape index (κ2) is 7.20. The molecule has 1 aliphatic heterocycles. The molecule has 1 amide bonds. The van der Waals surface area contributed by atoms with E-state index in [1.165, 1.54) is 23.1 Å². The Balaban J connectivity index is 2.13. The van der Waals surface area contributed by atoms with Crippen molar-refractivity contribution in [3.05, 3.63) is 35.5 Å². The molecule has 0 unspecified atom stereocenters. The number of aromatic nitrogens is 1. The molecule has 3 nitrogen and oxygen atoms in total. The van der Waals surface area contributed by atoms with Crippen LogP contribution in [0, 0.1) is 0 Å². The maximum Gasteiger partial charge on any atom is 0.328 e. The number of aryl methyl sites for hydroxylation is 1. The number of para-hydroxylation sites is 1. The highest BCUT2D eigenvalue weighted by Crippen LogP contribution is 2.29. The van der Waals surface area contributed by atoms with Gasteiger partial charge in [-0.05, 0) is 43.7 Å². The van der Waals surface area contributed by atoms with Crippen LogP contribution < -0.4 is 0 Å². The molecule has 0 bridgehead atoms. The predicted molar refractivity (Wildman–Crippen MR) is 96.1 cm³/mol. The summed E-state index contributed by atoms with van der Waals surface area (Å²) in [5.41, 5.74) is 3.72. The number of carbonyl (C=O) groups excluding carboxylic acids is 1. The van der Waals surface area contributed by atoms with Gasteiger partial charge in [0.1, 0.15) is 0 Å². The summed E-state index contributed by atoms with van der Waals surface area (Å²) in [6.07, 6.45) is 7.73. The molecule has 124 valence electrons. The molecule has 0 spiro atoms. The van der Waals surface area contributed by atoms with Crippen LogP contribution >= 0.6 is 0 Å². The molecule has 0 radical (unpaired) electrons. The van der Waals surface area contributed by atoms with Gasteiger partial charge >= 0.3 is 6.03 Å². The van der Waals surface area contributed by atoms with Crippen molar-refractivity contribution in [2.24, 2.45) is 0 Å². The topological polar surface area (TPSA) is 25.2 Å². The van der Waals surface area contributed by atoms with Gasteiger partial charge in [0.2, 0.25) is 0 Å². The number of piperidine rings is 1. The third-order valence-electron chi connectivity index (χ3n) is 4.89. The molecule has 1 aromatic heterocycles. The smallest absolute Gasteiger partial charge is 0.324 e. The van der Waals surface area contributed by atoms with Crippen molar-refractivity contribution in [3.63, 3.8) is 0 Å². The van der Waals surface area contributed by atoms with E-state index in [-0.39, 0.29) is 6.03 Å². The first-order valence-electron chi connectivity index (χ1n) is 9.18. The van der Waals surface area contributed by atoms with Gasteiger partial charge in [-0.3, -0.25) is 4.57 Å². The Morgan fingerprint density at radius 2 is 1.70 bits per heavy atom. The fraction of sp³-hybridized carbons (Fsp3) is 0.550. The number of hydrogen-bond donors (Lipinski definition) is 0. The van der Waals surface area contributed by atoms with Crippen molar-refractivity contribution in [1.82, 2.24) is 9.47 Å². The van der Waals surface area contributed by atoms with Gasteiger partial charge in [0.05, 0.1) is 5.52 Å². The first kappa shape index (κ1) is 16.1. The van der Waals surface area contributed by atoms with E-state index < -0.39 is 0 Å². The van der Waals surface area contributed by atoms with E-state index in [4.69, 9.17) is 0 Å². The first-order chi connectivity index (χ1) is 11.3. The van der Waals surface area contributed by atoms with Crippen LogP contribution in [-0.2, 0) is 12.8 Å². The van der Waals surface area contributed by atoms with Crippen molar-refractivity contribution < 1.29 is 4.79 Å². The van der Waals surface area contributed by atoms with Crippen LogP contribution in [0.1, 0.15) is 57.2 Å². The summed E-state index contributed by atoms with van der Waals surface area (Å²) in [5, 5.41) is 1.27. The summed E-state index contributed by atoms with van der Waals surface area (Å²) < 4.78 is 2.02. The second-order valence-corrected chi connectivity index (χ2v) is 6.61. The van der Waals surface area contributed by atoms with E-state index in [0.29, 0.717) is 0 Å². The van der Waals surface area contributed by atoms with Crippen molar-refractivity contribution in [3.8, 4) is 0 Å². The zero-order chi connectivity index (χ0) is 16.2. The molecule has 1 saturated heterocycles. The summed E-state index contributed by atoms with van der Waals surface area (Å²) in [7, 11) is 0. The number of amides is 1. The second-order valence-electron chi connectivity index (χ2n) is 6.61. The van der Waals surface area contributed by atoms with E-state index in [2.05, 4.69) is 32.0 Å². The van der Waals surface area contributed by atoms with Crippen molar-refractivity contribution in [2.75, 3.05) is 13.1 Å². The lowest BCUT2D eigenvalue weighted by Crippen LogP contribution is -2.39. The van der Waals surface area contributed by atoms with Crippen LogP contribution in [-0.4, -0.2) is 28.6 Å². The number of benzene rings is 1. The van der Waals surface area contributed by atoms with Crippen LogP contribution in [0.15, 0.2) is 24.3 Å². The summed E-state index contributed by atoms with van der Waals surface area (Å²) in [6, 6.07) is 8.61. The predicted octanol–water partition coefficient (Wildman–Crippen LogP) is 5.00. The van der Waals surface area contributed by atoms with Gasteiger partial charge in [-0.2, -0.15) is 0 Å². The summed E-state index contributed by atoms with van der Waals surface area (Å²) in [6.45, 7) is 6.22. The Labute approximate surface area is 139 Å². The minimum Gasteiger partial charge on any atom is -0.324 e. The highest BCUT2D eigenvalue weighted by molar-refractivity contribution is 5.95. The van der Waals surface area contributed by atoms with Crippen LogP contribution in [0.2, 0.25) is 0 Å². The molecular formula is C20H28N2O. The van der Waals surface area contributed by atoms with Gasteiger partial charge in [0, 0.05) is 24.2 Å². The molecule has 0 N–H and O–H groups in total. The van der Waals surface area contributed by atoms with Gasteiger partial charge in [0.25, 0.3) is 0 Å². The molecule has 0 saturated carbocycles. The van der Waals surface area contributed by atoms with Crippen LogP contribution in [0.3, 0.4) is 0 Å². The molecule has 23 heavy (non-hydrogen) atoms. The van der Waals surface area contributed by atoms with Gasteiger partial charge in [0.15, 0.2) is 0 Å². The van der Waals surface area contributed by atoms with Crippen molar-refractivity contribution in [2.45, 2.75) is 58.8 Å². The lowest BCUT2D eigenvalue weighted by atomic mass is 10.0. The number of nitrogens with zero attached hydrogens (tertiary/aromatic N) is 2. The molecule has 3 heteroatoms. The van der Waals surface area contributed by atoms with Crippen molar-refractivity contribution >= 4 is 16.9 Å². The molecular weight excluding hydrogens is 284 g/mol. The Kier molecular flexibility index (Phi) is 5.04. The van der Waals surface area contributed by atoms with E-state index >= 15 is 0 Å². The van der Waals surface area contributed by atoms with E-state index in [1.54, 1.807) is 0 Å². The van der Waals surface area contributed by atoms with Gasteiger partial charge in [-0.1, -0.05) is 44.9 Å². The molecule has 2 aromatic rings. The number of likely N-dealkylation sites (tertiary alicyclic amines) is 1. The average molecular weight is 312 g/mol. The summed E-state index contributed by atoms with van der Waals surface area (Å²) in [5.74, 6) is 0. The monoisotopic (exact) mass is 312 g/mol. The number of fused-ring (bicyclic) bond motifs is 1. The molecule has 3 rings (SSSR count). The Morgan fingerprint density at radius 1 is 1.00 bits per heavy atom. The summed E-state index contributed by atoms with van der Waals surface area (Å²) in [4.78, 5) is 15.3. The van der Waals surface area contributed by atoms with Gasteiger partial charge in [-0.25, -0.2) is 4.79 Å². The largest absolute Gasteiger partial charge is 0.328 e. The van der Waals surface area contributed by atoms with Gasteiger partial charge < -0.3 is 4.90 Å². The zero-order valence-electron chi connectivity index (χ0n) is 14.5. The minimum atomic E-state index is 0.187. The quantitative estimate of drug-likeness (QED) is 0.780. The normalized spacial score (nSPS) is 15.3. The molecule has 1 fully saturated rings. The Hall–Kier alpha value is -1.77. The third kappa shape index (κ3) is 3.01.